The molecule has 4 heteroatoms. The fraction of sp³-hybridized carbons (Fsp3) is 0.429. The van der Waals surface area contributed by atoms with Gasteiger partial charge in [0.2, 0.25) is 0 Å². The van der Waals surface area contributed by atoms with Gasteiger partial charge in [-0.15, -0.1) is 10.2 Å². The molecule has 0 aliphatic carbocycles. The Bertz CT molecular complexity index is 520. The van der Waals surface area contributed by atoms with Crippen LogP contribution in [0.1, 0.15) is 31.7 Å². The van der Waals surface area contributed by atoms with Crippen LogP contribution in [-0.2, 0) is 19.6 Å². The number of hydrogen-bond donors (Lipinski definition) is 1. The summed E-state index contributed by atoms with van der Waals surface area (Å²) in [5, 5.41) is 17.6. The first-order chi connectivity index (χ1) is 8.81. The SMILES string of the molecule is CCCn1c(CO)nnc1-c1ccccc1CC. The molecule has 0 amide bonds. The summed E-state index contributed by atoms with van der Waals surface area (Å²) in [6.07, 6.45) is 1.95. The zero-order valence-electron chi connectivity index (χ0n) is 10.9. The van der Waals surface area contributed by atoms with E-state index in [9.17, 15) is 5.11 Å². The molecule has 0 radical (unpaired) electrons. The standard InChI is InChI=1S/C14H19N3O/c1-3-9-17-13(10-18)15-16-14(17)12-8-6-5-7-11(12)4-2/h5-8,18H,3-4,9-10H2,1-2H3. The number of aryl methyl sites for hydroxylation is 1. The molecule has 96 valence electrons. The van der Waals surface area contributed by atoms with E-state index in [1.807, 2.05) is 16.7 Å². The van der Waals surface area contributed by atoms with Crippen molar-refractivity contribution in [1.29, 1.82) is 0 Å². The average Bonchev–Trinajstić information content (AvgIpc) is 2.82. The van der Waals surface area contributed by atoms with E-state index in [2.05, 4.69) is 36.2 Å². The van der Waals surface area contributed by atoms with Crippen LogP contribution in [0.3, 0.4) is 0 Å². The van der Waals surface area contributed by atoms with E-state index in [-0.39, 0.29) is 6.61 Å². The van der Waals surface area contributed by atoms with Crippen molar-refractivity contribution in [3.63, 3.8) is 0 Å². The van der Waals surface area contributed by atoms with Gasteiger partial charge in [0.15, 0.2) is 11.6 Å². The maximum atomic E-state index is 9.31. The highest BCUT2D eigenvalue weighted by Crippen LogP contribution is 2.23. The molecule has 4 nitrogen and oxygen atoms in total. The molecule has 0 saturated heterocycles. The van der Waals surface area contributed by atoms with Crippen molar-refractivity contribution in [3.8, 4) is 11.4 Å². The van der Waals surface area contributed by atoms with Crippen molar-refractivity contribution in [2.45, 2.75) is 39.8 Å². The van der Waals surface area contributed by atoms with Crippen LogP contribution in [0.2, 0.25) is 0 Å². The highest BCUT2D eigenvalue weighted by atomic mass is 16.3. The van der Waals surface area contributed by atoms with Gasteiger partial charge in [0.25, 0.3) is 0 Å². The van der Waals surface area contributed by atoms with Crippen LogP contribution in [0.15, 0.2) is 24.3 Å². The van der Waals surface area contributed by atoms with Crippen molar-refractivity contribution >= 4 is 0 Å². The van der Waals surface area contributed by atoms with Crippen molar-refractivity contribution in [3.05, 3.63) is 35.7 Å². The van der Waals surface area contributed by atoms with Gasteiger partial charge in [-0.2, -0.15) is 0 Å². The molecular weight excluding hydrogens is 226 g/mol. The average molecular weight is 245 g/mol. The van der Waals surface area contributed by atoms with E-state index in [4.69, 9.17) is 0 Å². The molecule has 0 saturated carbocycles. The van der Waals surface area contributed by atoms with E-state index in [1.54, 1.807) is 0 Å². The van der Waals surface area contributed by atoms with Gasteiger partial charge in [-0.3, -0.25) is 0 Å². The molecule has 2 aromatic rings. The third-order valence-electron chi connectivity index (χ3n) is 3.06. The fourth-order valence-electron chi connectivity index (χ4n) is 2.16. The number of aliphatic hydroxyl groups is 1. The van der Waals surface area contributed by atoms with Crippen molar-refractivity contribution in [2.75, 3.05) is 0 Å². The van der Waals surface area contributed by atoms with Gasteiger partial charge in [0, 0.05) is 12.1 Å². The summed E-state index contributed by atoms with van der Waals surface area (Å²) >= 11 is 0. The second kappa shape index (κ2) is 5.78. The van der Waals surface area contributed by atoms with Crippen LogP contribution in [-0.4, -0.2) is 19.9 Å². The van der Waals surface area contributed by atoms with Crippen molar-refractivity contribution in [1.82, 2.24) is 14.8 Å². The molecule has 0 atom stereocenters. The summed E-state index contributed by atoms with van der Waals surface area (Å²) in [6.45, 7) is 5.00. The second-order valence-corrected chi connectivity index (χ2v) is 4.26. The monoisotopic (exact) mass is 245 g/mol. The molecule has 0 bridgehead atoms. The molecule has 0 aliphatic heterocycles. The third-order valence-corrected chi connectivity index (χ3v) is 3.06. The molecular formula is C14H19N3O. The summed E-state index contributed by atoms with van der Waals surface area (Å²) in [4.78, 5) is 0. The second-order valence-electron chi connectivity index (χ2n) is 4.26. The fourth-order valence-corrected chi connectivity index (χ4v) is 2.16. The molecule has 1 heterocycles. The van der Waals surface area contributed by atoms with Crippen LogP contribution in [0.4, 0.5) is 0 Å². The van der Waals surface area contributed by atoms with E-state index < -0.39 is 0 Å². The number of aliphatic hydroxyl groups excluding tert-OH is 1. The lowest BCUT2D eigenvalue weighted by Gasteiger charge is -2.10. The number of nitrogens with zero attached hydrogens (tertiary/aromatic N) is 3. The highest BCUT2D eigenvalue weighted by Gasteiger charge is 2.14. The Kier molecular flexibility index (Phi) is 4.10. The first-order valence-electron chi connectivity index (χ1n) is 6.43. The Hall–Kier alpha value is -1.68. The van der Waals surface area contributed by atoms with Crippen LogP contribution in [0.25, 0.3) is 11.4 Å². The van der Waals surface area contributed by atoms with Gasteiger partial charge in [-0.05, 0) is 18.4 Å². The predicted molar refractivity (Wildman–Crippen MR) is 71.0 cm³/mol. The molecule has 18 heavy (non-hydrogen) atoms. The van der Waals surface area contributed by atoms with Crippen LogP contribution in [0, 0.1) is 0 Å². The first kappa shape index (κ1) is 12.8. The van der Waals surface area contributed by atoms with E-state index >= 15 is 0 Å². The van der Waals surface area contributed by atoms with Gasteiger partial charge < -0.3 is 9.67 Å². The van der Waals surface area contributed by atoms with Gasteiger partial charge in [0.05, 0.1) is 0 Å². The minimum atomic E-state index is -0.0682. The van der Waals surface area contributed by atoms with Gasteiger partial charge in [0.1, 0.15) is 6.61 Å². The van der Waals surface area contributed by atoms with Crippen molar-refractivity contribution in [2.24, 2.45) is 0 Å². The number of benzene rings is 1. The van der Waals surface area contributed by atoms with Gasteiger partial charge in [-0.1, -0.05) is 38.1 Å². The molecule has 0 spiro atoms. The van der Waals surface area contributed by atoms with Gasteiger partial charge in [-0.25, -0.2) is 0 Å². The summed E-state index contributed by atoms with van der Waals surface area (Å²) in [5.41, 5.74) is 2.37. The Morgan fingerprint density at radius 2 is 1.94 bits per heavy atom. The maximum absolute atomic E-state index is 9.31. The smallest absolute Gasteiger partial charge is 0.164 e. The number of rotatable bonds is 5. The quantitative estimate of drug-likeness (QED) is 0.880. The summed E-state index contributed by atoms with van der Waals surface area (Å²) in [7, 11) is 0. The largest absolute Gasteiger partial charge is 0.388 e. The van der Waals surface area contributed by atoms with Crippen LogP contribution < -0.4 is 0 Å². The molecule has 1 aromatic carbocycles. The number of aromatic nitrogens is 3. The Morgan fingerprint density at radius 3 is 2.61 bits per heavy atom. The maximum Gasteiger partial charge on any atom is 0.164 e. The molecule has 2 rings (SSSR count). The lowest BCUT2D eigenvalue weighted by Crippen LogP contribution is -2.06. The Balaban J connectivity index is 2.52. The number of hydrogen-bond acceptors (Lipinski definition) is 3. The van der Waals surface area contributed by atoms with Crippen LogP contribution >= 0.6 is 0 Å². The molecule has 0 unspecified atom stereocenters. The van der Waals surface area contributed by atoms with Gasteiger partial charge >= 0.3 is 0 Å². The Labute approximate surface area is 107 Å². The summed E-state index contributed by atoms with van der Waals surface area (Å²) in [5.74, 6) is 1.50. The zero-order chi connectivity index (χ0) is 13.0. The lowest BCUT2D eigenvalue weighted by atomic mass is 10.0. The third kappa shape index (κ3) is 2.29. The van der Waals surface area contributed by atoms with E-state index in [0.29, 0.717) is 5.82 Å². The molecule has 1 N–H and O–H groups in total. The minimum Gasteiger partial charge on any atom is -0.388 e. The molecule has 0 aliphatic rings. The normalized spacial score (nSPS) is 10.8. The predicted octanol–water partition coefficient (Wildman–Crippen LogP) is 2.41. The minimum absolute atomic E-state index is 0.0682. The summed E-state index contributed by atoms with van der Waals surface area (Å²) < 4.78 is 2.01. The van der Waals surface area contributed by atoms with E-state index in [1.165, 1.54) is 5.56 Å². The molecule has 0 fully saturated rings. The Morgan fingerprint density at radius 1 is 1.17 bits per heavy atom. The van der Waals surface area contributed by atoms with E-state index in [0.717, 1.165) is 30.8 Å². The summed E-state index contributed by atoms with van der Waals surface area (Å²) in [6, 6.07) is 8.23. The first-order valence-corrected chi connectivity index (χ1v) is 6.43. The lowest BCUT2D eigenvalue weighted by molar-refractivity contribution is 0.264. The highest BCUT2D eigenvalue weighted by molar-refractivity contribution is 5.60. The van der Waals surface area contributed by atoms with Crippen LogP contribution in [0.5, 0.6) is 0 Å². The zero-order valence-corrected chi connectivity index (χ0v) is 10.9. The topological polar surface area (TPSA) is 50.9 Å². The van der Waals surface area contributed by atoms with Crippen molar-refractivity contribution < 1.29 is 5.11 Å². The molecule has 1 aromatic heterocycles.